The maximum Gasteiger partial charge on any atom is 0.275 e. The highest BCUT2D eigenvalue weighted by Gasteiger charge is 2.25. The van der Waals surface area contributed by atoms with E-state index < -0.39 is 0 Å². The van der Waals surface area contributed by atoms with Crippen molar-refractivity contribution in [2.24, 2.45) is 0 Å². The van der Waals surface area contributed by atoms with Crippen molar-refractivity contribution in [1.29, 1.82) is 0 Å². The van der Waals surface area contributed by atoms with Crippen LogP contribution >= 0.6 is 11.8 Å². The molecule has 0 saturated carbocycles. The van der Waals surface area contributed by atoms with Gasteiger partial charge in [-0.3, -0.25) is 4.79 Å². The van der Waals surface area contributed by atoms with Crippen LogP contribution < -0.4 is 24.6 Å². The van der Waals surface area contributed by atoms with Crippen LogP contribution in [0.1, 0.15) is 11.1 Å². The van der Waals surface area contributed by atoms with E-state index in [4.69, 9.17) is 9.47 Å². The Bertz CT molecular complexity index is 851. The van der Waals surface area contributed by atoms with E-state index in [2.05, 4.69) is 48.6 Å². The van der Waals surface area contributed by atoms with Crippen LogP contribution in [-0.4, -0.2) is 57.7 Å². The summed E-state index contributed by atoms with van der Waals surface area (Å²) in [6.07, 6.45) is 0. The van der Waals surface area contributed by atoms with Crippen LogP contribution in [-0.2, 0) is 11.3 Å². The van der Waals surface area contributed by atoms with Crippen LogP contribution in [0.5, 0.6) is 11.5 Å². The molecule has 0 spiro atoms. The highest BCUT2D eigenvalue weighted by atomic mass is 32.2. The van der Waals surface area contributed by atoms with Crippen LogP contribution in [0.2, 0.25) is 0 Å². The quantitative estimate of drug-likeness (QED) is 0.406. The van der Waals surface area contributed by atoms with Crippen molar-refractivity contribution in [3.05, 3.63) is 53.6 Å². The van der Waals surface area contributed by atoms with E-state index >= 15 is 0 Å². The number of thioether (sulfide) groups is 1. The lowest BCUT2D eigenvalue weighted by atomic mass is 10.1. The fraction of sp³-hybridized carbons (Fsp3) is 0.435. The molecule has 1 amide bonds. The minimum atomic E-state index is 0.161. The number of carbonyl (C=O) groups is 1. The highest BCUT2D eigenvalue weighted by Crippen LogP contribution is 2.32. The summed E-state index contributed by atoms with van der Waals surface area (Å²) < 4.78 is 10.9. The van der Waals surface area contributed by atoms with Gasteiger partial charge in [-0.15, -0.1) is 11.8 Å². The predicted octanol–water partition coefficient (Wildman–Crippen LogP) is -0.0844. The van der Waals surface area contributed by atoms with Crippen LogP contribution in [0.3, 0.4) is 0 Å². The lowest BCUT2D eigenvalue weighted by molar-refractivity contribution is -1.02. The average Bonchev–Trinajstić information content (AvgIpc) is 3.22. The number of benzene rings is 2. The minimum absolute atomic E-state index is 0.161. The van der Waals surface area contributed by atoms with Gasteiger partial charge in [-0.2, -0.15) is 0 Å². The summed E-state index contributed by atoms with van der Waals surface area (Å²) in [6.45, 7) is 8.93. The topological polar surface area (TPSA) is 56.4 Å². The van der Waals surface area contributed by atoms with Crippen molar-refractivity contribution in [1.82, 2.24) is 5.32 Å². The fourth-order valence-corrected chi connectivity index (χ4v) is 4.70. The number of quaternary nitrogens is 2. The van der Waals surface area contributed by atoms with Gasteiger partial charge in [-0.25, -0.2) is 0 Å². The van der Waals surface area contributed by atoms with Gasteiger partial charge in [0.05, 0.1) is 0 Å². The molecule has 1 saturated heterocycles. The zero-order chi connectivity index (χ0) is 20.8. The summed E-state index contributed by atoms with van der Waals surface area (Å²) in [4.78, 5) is 16.5. The Morgan fingerprint density at radius 1 is 1.00 bits per heavy atom. The largest absolute Gasteiger partial charge is 0.454 e. The Morgan fingerprint density at radius 2 is 1.73 bits per heavy atom. The lowest BCUT2D eigenvalue weighted by Crippen LogP contribution is -3.28. The highest BCUT2D eigenvalue weighted by molar-refractivity contribution is 7.99. The molecule has 0 atom stereocenters. The number of carbonyl (C=O) groups excluding carboxylic acids is 1. The van der Waals surface area contributed by atoms with Gasteiger partial charge in [-0.1, -0.05) is 17.7 Å². The molecule has 2 aliphatic heterocycles. The fourth-order valence-electron chi connectivity index (χ4n) is 3.93. The van der Waals surface area contributed by atoms with Crippen molar-refractivity contribution in [2.75, 3.05) is 51.8 Å². The second kappa shape index (κ2) is 10.2. The molecule has 160 valence electrons. The van der Waals surface area contributed by atoms with Crippen LogP contribution in [0.15, 0.2) is 47.4 Å². The SMILES string of the molecule is Cc1ccc(SCCNC(=O)C[NH+]2CC[NH+](Cc3ccc4c(c3)OCO4)CC2)cc1. The van der Waals surface area contributed by atoms with E-state index in [1.165, 1.54) is 20.9 Å². The minimum Gasteiger partial charge on any atom is -0.454 e. The molecule has 0 aromatic heterocycles. The first-order valence-electron chi connectivity index (χ1n) is 10.7. The number of hydrogen-bond acceptors (Lipinski definition) is 4. The zero-order valence-electron chi connectivity index (χ0n) is 17.5. The molecule has 2 aromatic rings. The second-order valence-electron chi connectivity index (χ2n) is 8.05. The molecule has 2 aromatic carbocycles. The molecule has 30 heavy (non-hydrogen) atoms. The average molecular weight is 430 g/mol. The molecule has 2 heterocycles. The summed E-state index contributed by atoms with van der Waals surface area (Å²) in [6, 6.07) is 14.7. The first-order chi connectivity index (χ1) is 14.7. The maximum absolute atomic E-state index is 12.3. The summed E-state index contributed by atoms with van der Waals surface area (Å²) in [5.74, 6) is 2.76. The number of hydrogen-bond donors (Lipinski definition) is 3. The molecule has 0 bridgehead atoms. The molecule has 0 unspecified atom stereocenters. The van der Waals surface area contributed by atoms with Gasteiger partial charge < -0.3 is 24.6 Å². The van der Waals surface area contributed by atoms with Crippen molar-refractivity contribution >= 4 is 17.7 Å². The molecular formula is C23H31N3O3S+2. The van der Waals surface area contributed by atoms with E-state index in [0.717, 1.165) is 50.0 Å². The number of rotatable bonds is 8. The van der Waals surface area contributed by atoms with Gasteiger partial charge in [0.15, 0.2) is 18.0 Å². The van der Waals surface area contributed by atoms with E-state index in [9.17, 15) is 4.79 Å². The molecule has 7 heteroatoms. The number of ether oxygens (including phenoxy) is 2. The Hall–Kier alpha value is -2.22. The first kappa shape index (κ1) is 21.0. The monoisotopic (exact) mass is 429 g/mol. The molecule has 6 nitrogen and oxygen atoms in total. The second-order valence-corrected chi connectivity index (χ2v) is 9.22. The molecular weight excluding hydrogens is 398 g/mol. The maximum atomic E-state index is 12.3. The summed E-state index contributed by atoms with van der Waals surface area (Å²) in [5, 5.41) is 3.07. The van der Waals surface area contributed by atoms with E-state index in [1.54, 1.807) is 16.7 Å². The molecule has 3 N–H and O–H groups in total. The number of piperazine rings is 1. The van der Waals surface area contributed by atoms with Gasteiger partial charge in [0, 0.05) is 22.8 Å². The van der Waals surface area contributed by atoms with E-state index in [-0.39, 0.29) is 5.91 Å². The Morgan fingerprint density at radius 3 is 2.53 bits per heavy atom. The summed E-state index contributed by atoms with van der Waals surface area (Å²) in [7, 11) is 0. The van der Waals surface area contributed by atoms with E-state index in [1.807, 2.05) is 6.07 Å². The van der Waals surface area contributed by atoms with Gasteiger partial charge in [0.2, 0.25) is 6.79 Å². The van der Waals surface area contributed by atoms with Crippen LogP contribution in [0.4, 0.5) is 0 Å². The third-order valence-electron chi connectivity index (χ3n) is 5.68. The molecule has 4 rings (SSSR count). The standard InChI is InChI=1S/C23H29N3O3S/c1-18-2-5-20(6-3-18)30-13-8-24-23(27)16-26-11-9-25(10-12-26)15-19-4-7-21-22(14-19)29-17-28-21/h2-7,14H,8-13,15-17H2,1H3,(H,24,27)/p+2. The third-order valence-corrected chi connectivity index (χ3v) is 6.69. The van der Waals surface area contributed by atoms with Crippen molar-refractivity contribution < 1.29 is 24.1 Å². The van der Waals surface area contributed by atoms with Crippen LogP contribution in [0.25, 0.3) is 0 Å². The smallest absolute Gasteiger partial charge is 0.275 e. The van der Waals surface area contributed by atoms with Gasteiger partial charge in [0.25, 0.3) is 5.91 Å². The Balaban J connectivity index is 1.11. The third kappa shape index (κ3) is 5.90. The van der Waals surface area contributed by atoms with Crippen molar-refractivity contribution in [2.45, 2.75) is 18.4 Å². The number of nitrogens with one attached hydrogen (secondary N) is 3. The number of aryl methyl sites for hydroxylation is 1. The van der Waals surface area contributed by atoms with Gasteiger partial charge in [0.1, 0.15) is 32.7 Å². The Kier molecular flexibility index (Phi) is 7.15. The van der Waals surface area contributed by atoms with E-state index in [0.29, 0.717) is 19.9 Å². The summed E-state index contributed by atoms with van der Waals surface area (Å²) in [5.41, 5.74) is 2.55. The number of amides is 1. The zero-order valence-corrected chi connectivity index (χ0v) is 18.4. The first-order valence-corrected chi connectivity index (χ1v) is 11.7. The van der Waals surface area contributed by atoms with Gasteiger partial charge in [-0.05, 0) is 37.3 Å². The van der Waals surface area contributed by atoms with Gasteiger partial charge >= 0.3 is 0 Å². The molecule has 0 radical (unpaired) electrons. The molecule has 0 aliphatic carbocycles. The van der Waals surface area contributed by atoms with Crippen molar-refractivity contribution in [3.8, 4) is 11.5 Å². The summed E-state index contributed by atoms with van der Waals surface area (Å²) >= 11 is 1.78. The predicted molar refractivity (Wildman–Crippen MR) is 117 cm³/mol. The lowest BCUT2D eigenvalue weighted by Gasteiger charge is -2.29. The Labute approximate surface area is 182 Å². The normalized spacial score (nSPS) is 20.2. The molecule has 1 fully saturated rings. The number of fused-ring (bicyclic) bond motifs is 1. The molecule has 2 aliphatic rings. The van der Waals surface area contributed by atoms with Crippen LogP contribution in [0, 0.1) is 6.92 Å². The van der Waals surface area contributed by atoms with Crippen molar-refractivity contribution in [3.63, 3.8) is 0 Å².